The zero-order chi connectivity index (χ0) is 12.1. The van der Waals surface area contributed by atoms with E-state index in [2.05, 4.69) is 46.7 Å². The Bertz CT molecular complexity index is 435. The Hall–Kier alpha value is -0.910. The van der Waals surface area contributed by atoms with Crippen molar-refractivity contribution in [1.29, 1.82) is 0 Å². The molecule has 0 aliphatic rings. The van der Waals surface area contributed by atoms with Gasteiger partial charge in [-0.1, -0.05) is 42.2 Å². The van der Waals surface area contributed by atoms with E-state index in [1.807, 2.05) is 7.05 Å². The largest absolute Gasteiger partial charge is 0.313 e. The molecule has 2 rings (SSSR count). The van der Waals surface area contributed by atoms with E-state index in [1.165, 1.54) is 10.5 Å². The molecule has 1 aromatic heterocycles. The molecule has 0 amide bonds. The fourth-order valence-corrected chi connectivity index (χ4v) is 3.13. The maximum atomic E-state index is 4.02. The van der Waals surface area contributed by atoms with Crippen molar-refractivity contribution in [3.63, 3.8) is 0 Å². The molecule has 90 valence electrons. The monoisotopic (exact) mass is 265 g/mol. The van der Waals surface area contributed by atoms with Crippen LogP contribution in [0.2, 0.25) is 0 Å². The molecule has 1 unspecified atom stereocenters. The number of hydrogen-bond donors (Lipinski definition) is 1. The summed E-state index contributed by atoms with van der Waals surface area (Å²) in [5, 5.41) is 11.2. The number of nitrogens with zero attached hydrogens (tertiary/aromatic N) is 2. The number of nitrogens with one attached hydrogen (secondary N) is 1. The zero-order valence-electron chi connectivity index (χ0n) is 9.88. The first-order valence-electron chi connectivity index (χ1n) is 5.54. The highest BCUT2D eigenvalue weighted by Crippen LogP contribution is 2.29. The molecule has 0 saturated carbocycles. The predicted octanol–water partition coefficient (Wildman–Crippen LogP) is 3.36. The number of hydrogen-bond acceptors (Lipinski definition) is 5. The van der Waals surface area contributed by atoms with Crippen molar-refractivity contribution >= 4 is 23.1 Å². The van der Waals surface area contributed by atoms with Crippen LogP contribution in [0.4, 0.5) is 0 Å². The summed E-state index contributed by atoms with van der Waals surface area (Å²) < 4.78 is 0.985. The Morgan fingerprint density at radius 2 is 2.12 bits per heavy atom. The van der Waals surface area contributed by atoms with Gasteiger partial charge in [-0.05, 0) is 31.2 Å². The summed E-state index contributed by atoms with van der Waals surface area (Å²) in [7, 11) is 2.00. The average molecular weight is 265 g/mol. The van der Waals surface area contributed by atoms with Gasteiger partial charge in [-0.15, -0.1) is 10.2 Å². The van der Waals surface area contributed by atoms with Crippen molar-refractivity contribution in [2.75, 3.05) is 7.05 Å². The molecule has 0 radical (unpaired) electrons. The van der Waals surface area contributed by atoms with Crippen LogP contribution >= 0.6 is 23.1 Å². The summed E-state index contributed by atoms with van der Waals surface area (Å²) in [6.07, 6.45) is 1.10. The Balaban J connectivity index is 2.07. The molecule has 17 heavy (non-hydrogen) atoms. The fourth-order valence-electron chi connectivity index (χ4n) is 1.68. The average Bonchev–Trinajstić information content (AvgIpc) is 2.86. The van der Waals surface area contributed by atoms with Crippen LogP contribution in [0.3, 0.4) is 0 Å². The maximum Gasteiger partial charge on any atom is 0.178 e. The highest BCUT2D eigenvalue weighted by Gasteiger charge is 2.06. The minimum atomic E-state index is 0.440. The molecule has 1 aromatic carbocycles. The molecule has 2 aromatic rings. The Morgan fingerprint density at radius 1 is 1.35 bits per heavy atom. The topological polar surface area (TPSA) is 37.8 Å². The van der Waals surface area contributed by atoms with E-state index in [1.54, 1.807) is 28.6 Å². The van der Waals surface area contributed by atoms with Crippen LogP contribution in [0.1, 0.15) is 24.9 Å². The molecule has 0 saturated heterocycles. The summed E-state index contributed by atoms with van der Waals surface area (Å²) in [6, 6.07) is 9.07. The summed E-state index contributed by atoms with van der Waals surface area (Å²) in [6.45, 7) is 2.19. The van der Waals surface area contributed by atoms with Gasteiger partial charge in [0.15, 0.2) is 4.34 Å². The van der Waals surface area contributed by atoms with Gasteiger partial charge in [0, 0.05) is 10.9 Å². The van der Waals surface area contributed by atoms with Crippen LogP contribution in [-0.2, 0) is 0 Å². The molecule has 1 heterocycles. The summed E-state index contributed by atoms with van der Waals surface area (Å²) in [5.41, 5.74) is 3.08. The second-order valence-electron chi connectivity index (χ2n) is 3.63. The first kappa shape index (κ1) is 12.5. The van der Waals surface area contributed by atoms with Gasteiger partial charge in [0.25, 0.3) is 0 Å². The summed E-state index contributed by atoms with van der Waals surface area (Å²) >= 11 is 3.22. The molecule has 1 N–H and O–H groups in total. The summed E-state index contributed by atoms with van der Waals surface area (Å²) in [5.74, 6) is 0. The van der Waals surface area contributed by atoms with Crippen molar-refractivity contribution in [3.8, 4) is 0 Å². The molecular formula is C12H15N3S2. The smallest absolute Gasteiger partial charge is 0.178 e. The lowest BCUT2D eigenvalue weighted by Crippen LogP contribution is -2.14. The van der Waals surface area contributed by atoms with Crippen LogP contribution in [0.5, 0.6) is 0 Å². The van der Waals surface area contributed by atoms with E-state index in [0.717, 1.165) is 10.8 Å². The van der Waals surface area contributed by atoms with Crippen LogP contribution in [0, 0.1) is 0 Å². The minimum Gasteiger partial charge on any atom is -0.313 e. The molecule has 0 bridgehead atoms. The normalized spacial score (nSPS) is 12.6. The van der Waals surface area contributed by atoms with Crippen molar-refractivity contribution in [1.82, 2.24) is 15.5 Å². The molecule has 0 aliphatic carbocycles. The van der Waals surface area contributed by atoms with E-state index < -0.39 is 0 Å². The van der Waals surface area contributed by atoms with Gasteiger partial charge in [0.1, 0.15) is 5.51 Å². The van der Waals surface area contributed by atoms with E-state index in [0.29, 0.717) is 6.04 Å². The Kier molecular flexibility index (Phi) is 4.53. The first-order valence-corrected chi connectivity index (χ1v) is 7.24. The standard InChI is InChI=1S/C12H15N3S2/c1-3-11(13-2)9-4-6-10(7-5-9)17-12-15-14-8-16-12/h4-8,11,13H,3H2,1-2H3. The minimum absolute atomic E-state index is 0.440. The van der Waals surface area contributed by atoms with Crippen LogP contribution < -0.4 is 5.32 Å². The van der Waals surface area contributed by atoms with Gasteiger partial charge in [0.05, 0.1) is 0 Å². The van der Waals surface area contributed by atoms with E-state index in [4.69, 9.17) is 0 Å². The van der Waals surface area contributed by atoms with E-state index in [9.17, 15) is 0 Å². The Morgan fingerprint density at radius 3 is 2.65 bits per heavy atom. The number of rotatable bonds is 5. The number of benzene rings is 1. The second-order valence-corrected chi connectivity index (χ2v) is 5.78. The lowest BCUT2D eigenvalue weighted by Gasteiger charge is -2.14. The van der Waals surface area contributed by atoms with Gasteiger partial charge in [0.2, 0.25) is 0 Å². The van der Waals surface area contributed by atoms with Crippen LogP contribution in [0.15, 0.2) is 39.0 Å². The third-order valence-corrected chi connectivity index (χ3v) is 4.37. The lowest BCUT2D eigenvalue weighted by atomic mass is 10.1. The van der Waals surface area contributed by atoms with Crippen LogP contribution in [0.25, 0.3) is 0 Å². The highest BCUT2D eigenvalue weighted by molar-refractivity contribution is 8.01. The molecular weight excluding hydrogens is 250 g/mol. The second kappa shape index (κ2) is 6.14. The fraction of sp³-hybridized carbons (Fsp3) is 0.333. The van der Waals surface area contributed by atoms with Gasteiger partial charge >= 0.3 is 0 Å². The van der Waals surface area contributed by atoms with Crippen molar-refractivity contribution in [2.24, 2.45) is 0 Å². The van der Waals surface area contributed by atoms with Crippen LogP contribution in [-0.4, -0.2) is 17.2 Å². The molecule has 5 heteroatoms. The van der Waals surface area contributed by atoms with E-state index >= 15 is 0 Å². The third-order valence-electron chi connectivity index (χ3n) is 2.58. The molecule has 3 nitrogen and oxygen atoms in total. The zero-order valence-corrected chi connectivity index (χ0v) is 11.5. The third kappa shape index (κ3) is 3.28. The van der Waals surface area contributed by atoms with Gasteiger partial charge in [-0.3, -0.25) is 0 Å². The molecule has 1 atom stereocenters. The van der Waals surface area contributed by atoms with Gasteiger partial charge < -0.3 is 5.32 Å². The van der Waals surface area contributed by atoms with Crippen molar-refractivity contribution in [3.05, 3.63) is 35.3 Å². The van der Waals surface area contributed by atoms with Crippen molar-refractivity contribution in [2.45, 2.75) is 28.6 Å². The molecule has 0 fully saturated rings. The Labute approximate surface area is 110 Å². The summed E-state index contributed by atoms with van der Waals surface area (Å²) in [4.78, 5) is 1.21. The quantitative estimate of drug-likeness (QED) is 0.899. The number of aromatic nitrogens is 2. The molecule has 0 aliphatic heterocycles. The maximum absolute atomic E-state index is 4.02. The van der Waals surface area contributed by atoms with Gasteiger partial charge in [-0.25, -0.2) is 0 Å². The highest BCUT2D eigenvalue weighted by atomic mass is 32.2. The predicted molar refractivity (Wildman–Crippen MR) is 72.6 cm³/mol. The van der Waals surface area contributed by atoms with Gasteiger partial charge in [-0.2, -0.15) is 0 Å². The lowest BCUT2D eigenvalue weighted by molar-refractivity contribution is 0.576. The SMILES string of the molecule is CCC(NC)c1ccc(Sc2nncs2)cc1. The first-order chi connectivity index (χ1) is 8.33. The van der Waals surface area contributed by atoms with Crippen molar-refractivity contribution < 1.29 is 0 Å². The molecule has 0 spiro atoms. The van der Waals surface area contributed by atoms with E-state index in [-0.39, 0.29) is 0 Å².